The number of benzene rings is 2. The lowest BCUT2D eigenvalue weighted by molar-refractivity contribution is -0.116. The Morgan fingerprint density at radius 3 is 2.78 bits per heavy atom. The molecule has 6 nitrogen and oxygen atoms in total. The fourth-order valence-corrected chi connectivity index (χ4v) is 4.31. The van der Waals surface area contributed by atoms with E-state index >= 15 is 0 Å². The smallest absolute Gasteiger partial charge is 0.244 e. The van der Waals surface area contributed by atoms with Crippen LogP contribution in [0.2, 0.25) is 0 Å². The minimum absolute atomic E-state index is 0.117. The van der Waals surface area contributed by atoms with E-state index in [9.17, 15) is 4.79 Å². The van der Waals surface area contributed by atoms with Crippen LogP contribution >= 0.6 is 0 Å². The van der Waals surface area contributed by atoms with Crippen LogP contribution in [-0.4, -0.2) is 56.4 Å². The molecule has 1 saturated heterocycles. The summed E-state index contributed by atoms with van der Waals surface area (Å²) in [4.78, 5) is 15.0. The minimum atomic E-state index is -0.128. The number of hydrogen-bond donors (Lipinski definition) is 1. The lowest BCUT2D eigenvalue weighted by atomic mass is 10.0. The van der Waals surface area contributed by atoms with Crippen LogP contribution in [-0.2, 0) is 16.0 Å². The summed E-state index contributed by atoms with van der Waals surface area (Å²) in [5.41, 5.74) is 3.20. The van der Waals surface area contributed by atoms with Crippen LogP contribution in [0.5, 0.6) is 11.5 Å². The van der Waals surface area contributed by atoms with E-state index in [1.807, 2.05) is 37.3 Å². The quantitative estimate of drug-likeness (QED) is 0.641. The monoisotopic (exact) mass is 436 g/mol. The highest BCUT2D eigenvalue weighted by Crippen LogP contribution is 2.35. The minimum Gasteiger partial charge on any atom is -0.493 e. The van der Waals surface area contributed by atoms with Crippen molar-refractivity contribution in [2.45, 2.75) is 32.4 Å². The summed E-state index contributed by atoms with van der Waals surface area (Å²) in [6, 6.07) is 14.4. The lowest BCUT2D eigenvalue weighted by Gasteiger charge is -2.34. The molecule has 2 aromatic carbocycles. The van der Waals surface area contributed by atoms with Crippen molar-refractivity contribution in [3.8, 4) is 11.5 Å². The van der Waals surface area contributed by atoms with Crippen molar-refractivity contribution in [1.29, 1.82) is 0 Å². The number of ether oxygens (including phenoxy) is 3. The van der Waals surface area contributed by atoms with Gasteiger partial charge in [-0.3, -0.25) is 9.69 Å². The number of amides is 1. The molecule has 0 aliphatic carbocycles. The van der Waals surface area contributed by atoms with Crippen LogP contribution < -0.4 is 14.8 Å². The molecular weight excluding hydrogens is 404 g/mol. The fraction of sp³-hybridized carbons (Fsp3) is 0.423. The van der Waals surface area contributed by atoms with E-state index in [0.29, 0.717) is 13.2 Å². The molecule has 2 heterocycles. The predicted molar refractivity (Wildman–Crippen MR) is 125 cm³/mol. The molecule has 2 aliphatic rings. The molecule has 32 heavy (non-hydrogen) atoms. The average Bonchev–Trinajstić information content (AvgIpc) is 3.18. The van der Waals surface area contributed by atoms with Gasteiger partial charge in [0.1, 0.15) is 17.6 Å². The van der Waals surface area contributed by atoms with Crippen LogP contribution in [0.4, 0.5) is 0 Å². The summed E-state index contributed by atoms with van der Waals surface area (Å²) in [5, 5.41) is 3.08. The second-order valence-corrected chi connectivity index (χ2v) is 8.22. The van der Waals surface area contributed by atoms with Crippen LogP contribution in [0.1, 0.15) is 36.6 Å². The second-order valence-electron chi connectivity index (χ2n) is 8.22. The third-order valence-corrected chi connectivity index (χ3v) is 5.88. The highest BCUT2D eigenvalue weighted by Gasteiger charge is 2.23. The first kappa shape index (κ1) is 22.4. The maximum atomic E-state index is 12.7. The molecule has 1 amide bonds. The number of hydrogen-bond acceptors (Lipinski definition) is 5. The van der Waals surface area contributed by atoms with E-state index in [2.05, 4.69) is 29.3 Å². The van der Waals surface area contributed by atoms with Gasteiger partial charge in [0.2, 0.25) is 5.91 Å². The van der Waals surface area contributed by atoms with E-state index in [0.717, 1.165) is 55.4 Å². The van der Waals surface area contributed by atoms with E-state index in [-0.39, 0.29) is 18.1 Å². The van der Waals surface area contributed by atoms with Crippen LogP contribution in [0.15, 0.2) is 48.5 Å². The SMILES string of the molecule is CCOc1cc2c(cc1/C=C/C(=O)NCC(c1ccccc1)N1CCOCC1)OC(C)C2. The van der Waals surface area contributed by atoms with Gasteiger partial charge >= 0.3 is 0 Å². The van der Waals surface area contributed by atoms with E-state index in [4.69, 9.17) is 14.2 Å². The van der Waals surface area contributed by atoms with Crippen molar-refractivity contribution in [1.82, 2.24) is 10.2 Å². The second kappa shape index (κ2) is 10.7. The van der Waals surface area contributed by atoms with Crippen molar-refractivity contribution in [2.24, 2.45) is 0 Å². The summed E-state index contributed by atoms with van der Waals surface area (Å²) in [6.45, 7) is 8.28. The largest absolute Gasteiger partial charge is 0.493 e. The maximum absolute atomic E-state index is 12.7. The molecule has 2 aliphatic heterocycles. The summed E-state index contributed by atoms with van der Waals surface area (Å²) < 4.78 is 17.2. The summed E-state index contributed by atoms with van der Waals surface area (Å²) in [6.07, 6.45) is 4.42. The lowest BCUT2D eigenvalue weighted by Crippen LogP contribution is -2.43. The molecular formula is C26H32N2O4. The zero-order valence-corrected chi connectivity index (χ0v) is 18.9. The molecule has 170 valence electrons. The molecule has 0 saturated carbocycles. The third kappa shape index (κ3) is 5.50. The molecule has 1 fully saturated rings. The van der Waals surface area contributed by atoms with Gasteiger partial charge in [-0.05, 0) is 37.6 Å². The van der Waals surface area contributed by atoms with Gasteiger partial charge < -0.3 is 19.5 Å². The predicted octanol–water partition coefficient (Wildman–Crippen LogP) is 3.61. The summed E-state index contributed by atoms with van der Waals surface area (Å²) in [7, 11) is 0. The molecule has 2 aromatic rings. The van der Waals surface area contributed by atoms with Gasteiger partial charge in [0.15, 0.2) is 0 Å². The molecule has 1 N–H and O–H groups in total. The van der Waals surface area contributed by atoms with Crippen molar-refractivity contribution in [3.05, 3.63) is 65.2 Å². The number of carbonyl (C=O) groups is 1. The normalized spacial score (nSPS) is 19.4. The Kier molecular flexibility index (Phi) is 7.45. The first-order chi connectivity index (χ1) is 15.6. The Labute approximate surface area is 190 Å². The number of morpholine rings is 1. The highest BCUT2D eigenvalue weighted by molar-refractivity contribution is 5.92. The van der Waals surface area contributed by atoms with Crippen molar-refractivity contribution in [3.63, 3.8) is 0 Å². The van der Waals surface area contributed by atoms with E-state index in [1.165, 1.54) is 5.56 Å². The zero-order chi connectivity index (χ0) is 22.3. The first-order valence-electron chi connectivity index (χ1n) is 11.4. The van der Waals surface area contributed by atoms with Gasteiger partial charge in [-0.15, -0.1) is 0 Å². The Bertz CT molecular complexity index is 938. The first-order valence-corrected chi connectivity index (χ1v) is 11.4. The Morgan fingerprint density at radius 1 is 1.25 bits per heavy atom. The number of nitrogens with zero attached hydrogens (tertiary/aromatic N) is 1. The summed E-state index contributed by atoms with van der Waals surface area (Å²) >= 11 is 0. The molecule has 4 rings (SSSR count). The van der Waals surface area contributed by atoms with Gasteiger partial charge in [0.05, 0.1) is 25.9 Å². The fourth-order valence-electron chi connectivity index (χ4n) is 4.31. The van der Waals surface area contributed by atoms with Crippen molar-refractivity contribution in [2.75, 3.05) is 39.5 Å². The van der Waals surface area contributed by atoms with Crippen LogP contribution in [0.25, 0.3) is 6.08 Å². The number of nitrogens with one attached hydrogen (secondary N) is 1. The highest BCUT2D eigenvalue weighted by atomic mass is 16.5. The van der Waals surface area contributed by atoms with Gasteiger partial charge in [0.25, 0.3) is 0 Å². The van der Waals surface area contributed by atoms with Crippen LogP contribution in [0.3, 0.4) is 0 Å². The Hall–Kier alpha value is -2.83. The van der Waals surface area contributed by atoms with E-state index in [1.54, 1.807) is 12.2 Å². The molecule has 2 unspecified atom stereocenters. The molecule has 6 heteroatoms. The molecule has 0 radical (unpaired) electrons. The van der Waals surface area contributed by atoms with Gasteiger partial charge in [-0.25, -0.2) is 0 Å². The zero-order valence-electron chi connectivity index (χ0n) is 18.9. The standard InChI is InChI=1S/C26H32N2O4/c1-3-31-24-17-22-15-19(2)32-25(22)16-21(24)9-10-26(29)27-18-23(20-7-5-4-6-8-20)28-11-13-30-14-12-28/h4-10,16-17,19,23H,3,11-15,18H2,1-2H3,(H,27,29)/b10-9+. The molecule has 0 spiro atoms. The molecule has 0 bridgehead atoms. The Morgan fingerprint density at radius 2 is 2.03 bits per heavy atom. The number of carbonyl (C=O) groups excluding carboxylic acids is 1. The van der Waals surface area contributed by atoms with E-state index < -0.39 is 0 Å². The topological polar surface area (TPSA) is 60.0 Å². The summed E-state index contributed by atoms with van der Waals surface area (Å²) in [5.74, 6) is 1.53. The number of fused-ring (bicyclic) bond motifs is 1. The maximum Gasteiger partial charge on any atom is 0.244 e. The van der Waals surface area contributed by atoms with Gasteiger partial charge in [-0.1, -0.05) is 30.3 Å². The van der Waals surface area contributed by atoms with Crippen molar-refractivity contribution >= 4 is 12.0 Å². The van der Waals surface area contributed by atoms with Crippen molar-refractivity contribution < 1.29 is 19.0 Å². The molecule has 0 aromatic heterocycles. The Balaban J connectivity index is 1.44. The van der Waals surface area contributed by atoms with Crippen LogP contribution in [0, 0.1) is 0 Å². The third-order valence-electron chi connectivity index (χ3n) is 5.88. The molecule has 2 atom stereocenters. The number of rotatable bonds is 8. The van der Waals surface area contributed by atoms with Gasteiger partial charge in [-0.2, -0.15) is 0 Å². The average molecular weight is 437 g/mol. The van der Waals surface area contributed by atoms with Gasteiger partial charge in [0, 0.05) is 43.3 Å².